The molecule has 0 spiro atoms. The molecule has 2 aliphatic rings. The first kappa shape index (κ1) is 13.6. The lowest BCUT2D eigenvalue weighted by molar-refractivity contribution is -0.0890. The number of rotatable bonds is 3. The molecule has 118 valence electrons. The van der Waals surface area contributed by atoms with Gasteiger partial charge in [0, 0.05) is 0 Å². The number of aliphatic hydroxyl groups is 1. The summed E-state index contributed by atoms with van der Waals surface area (Å²) in [5, 5.41) is 9.38. The van der Waals surface area contributed by atoms with Crippen LogP contribution in [0.2, 0.25) is 0 Å². The van der Waals surface area contributed by atoms with Crippen molar-refractivity contribution in [2.24, 2.45) is 0 Å². The van der Waals surface area contributed by atoms with Crippen molar-refractivity contribution in [3.05, 3.63) is 5.82 Å². The average molecular weight is 309 g/mol. The number of aromatic amines is 1. The van der Waals surface area contributed by atoms with Crippen molar-refractivity contribution in [2.45, 2.75) is 24.4 Å². The van der Waals surface area contributed by atoms with E-state index >= 15 is 0 Å². The molecule has 10 heteroatoms. The average Bonchev–Trinajstić information content (AvgIpc) is 3.20. The Balaban J connectivity index is 1.73. The second-order valence-corrected chi connectivity index (χ2v) is 5.07. The fraction of sp³-hybridized carbons (Fsp3) is 0.583. The summed E-state index contributed by atoms with van der Waals surface area (Å²) < 4.78 is 21.7. The van der Waals surface area contributed by atoms with Gasteiger partial charge in [0.15, 0.2) is 11.5 Å². The fourth-order valence-electron chi connectivity index (χ4n) is 2.82. The molecule has 0 aromatic carbocycles. The Morgan fingerprint density at radius 3 is 2.91 bits per heavy atom. The van der Waals surface area contributed by atoms with Crippen LogP contribution >= 0.6 is 0 Å². The number of hydrogen-bond acceptors (Lipinski definition) is 9. The molecular weight excluding hydrogens is 294 g/mol. The zero-order valence-electron chi connectivity index (χ0n) is 11.7. The Morgan fingerprint density at radius 2 is 2.14 bits per heavy atom. The van der Waals surface area contributed by atoms with Gasteiger partial charge in [-0.25, -0.2) is 4.98 Å². The van der Waals surface area contributed by atoms with Gasteiger partial charge in [0.2, 0.25) is 0 Å². The highest BCUT2D eigenvalue weighted by Crippen LogP contribution is 2.39. The third-order valence-electron chi connectivity index (χ3n) is 3.84. The maximum Gasteiger partial charge on any atom is 0.320 e. The standard InChI is InChI=1S/C12H15N5O5/c1-19-12-15-9(13)5-10(17-12)16-11(14-5)8-7-6(20-3-21-7)4(2-18)22-8/h4,6-8,18H,2-3H2,1H3,(H3,13,14,15,16,17)/t4-,6-,7+,8+/m1/s1. The molecular formula is C12H15N5O5. The monoisotopic (exact) mass is 309 g/mol. The Labute approximate surface area is 124 Å². The highest BCUT2D eigenvalue weighted by atomic mass is 16.7. The van der Waals surface area contributed by atoms with Crippen molar-refractivity contribution in [3.63, 3.8) is 0 Å². The van der Waals surface area contributed by atoms with Gasteiger partial charge < -0.3 is 34.8 Å². The number of nitrogen functional groups attached to an aromatic ring is 1. The number of nitrogens with zero attached hydrogens (tertiary/aromatic N) is 3. The molecule has 0 aliphatic carbocycles. The third-order valence-corrected chi connectivity index (χ3v) is 3.84. The maximum absolute atomic E-state index is 9.38. The van der Waals surface area contributed by atoms with Gasteiger partial charge in [-0.3, -0.25) is 0 Å². The SMILES string of the molecule is COc1nc(N)c2[nH]c([C@H]3O[C@H](CO)[C@H]4OCO[C@@H]43)nc2n1. The zero-order chi connectivity index (χ0) is 15.3. The number of aliphatic hydroxyl groups excluding tert-OH is 1. The maximum atomic E-state index is 9.38. The number of aromatic nitrogens is 4. The number of anilines is 1. The molecule has 0 saturated carbocycles. The highest BCUT2D eigenvalue weighted by Gasteiger charge is 2.51. The smallest absolute Gasteiger partial charge is 0.320 e. The summed E-state index contributed by atoms with van der Waals surface area (Å²) in [6.45, 7) is 0.0126. The Hall–Kier alpha value is -2.01. The van der Waals surface area contributed by atoms with Crippen LogP contribution < -0.4 is 10.5 Å². The predicted molar refractivity (Wildman–Crippen MR) is 72.0 cm³/mol. The van der Waals surface area contributed by atoms with Gasteiger partial charge in [0.05, 0.1) is 13.7 Å². The second-order valence-electron chi connectivity index (χ2n) is 5.07. The molecule has 22 heavy (non-hydrogen) atoms. The summed E-state index contributed by atoms with van der Waals surface area (Å²) >= 11 is 0. The predicted octanol–water partition coefficient (Wildman–Crippen LogP) is -0.883. The normalized spacial score (nSPS) is 30.8. The minimum absolute atomic E-state index is 0.141. The number of nitrogens with two attached hydrogens (primary N) is 1. The highest BCUT2D eigenvalue weighted by molar-refractivity contribution is 5.81. The van der Waals surface area contributed by atoms with E-state index < -0.39 is 12.2 Å². The van der Waals surface area contributed by atoms with Crippen molar-refractivity contribution in [1.82, 2.24) is 19.9 Å². The van der Waals surface area contributed by atoms with Gasteiger partial charge in [-0.05, 0) is 0 Å². The first-order chi connectivity index (χ1) is 10.7. The number of ether oxygens (including phenoxy) is 4. The van der Waals surface area contributed by atoms with Crippen molar-refractivity contribution < 1.29 is 24.1 Å². The van der Waals surface area contributed by atoms with Crippen molar-refractivity contribution >= 4 is 17.0 Å². The van der Waals surface area contributed by atoms with E-state index in [1.165, 1.54) is 7.11 Å². The quantitative estimate of drug-likeness (QED) is 0.659. The molecule has 2 fully saturated rings. The minimum Gasteiger partial charge on any atom is -0.467 e. The summed E-state index contributed by atoms with van der Waals surface area (Å²) in [6.07, 6.45) is -1.61. The lowest BCUT2D eigenvalue weighted by atomic mass is 10.1. The lowest BCUT2D eigenvalue weighted by Gasteiger charge is -2.13. The van der Waals surface area contributed by atoms with E-state index in [9.17, 15) is 5.11 Å². The van der Waals surface area contributed by atoms with Crippen LogP contribution in [0.3, 0.4) is 0 Å². The summed E-state index contributed by atoms with van der Waals surface area (Å²) in [4.78, 5) is 15.6. The van der Waals surface area contributed by atoms with Crippen LogP contribution in [0.4, 0.5) is 5.82 Å². The molecule has 0 amide bonds. The summed E-state index contributed by atoms with van der Waals surface area (Å²) in [5.41, 5.74) is 6.75. The Morgan fingerprint density at radius 1 is 1.32 bits per heavy atom. The molecule has 0 unspecified atom stereocenters. The molecule has 2 aromatic heterocycles. The van der Waals surface area contributed by atoms with Crippen LogP contribution in [0, 0.1) is 0 Å². The third kappa shape index (κ3) is 1.92. The van der Waals surface area contributed by atoms with E-state index in [1.54, 1.807) is 0 Å². The van der Waals surface area contributed by atoms with E-state index in [4.69, 9.17) is 24.7 Å². The molecule has 2 aliphatic heterocycles. The molecule has 10 nitrogen and oxygen atoms in total. The zero-order valence-corrected chi connectivity index (χ0v) is 11.7. The van der Waals surface area contributed by atoms with Gasteiger partial charge in [-0.1, -0.05) is 0 Å². The van der Waals surface area contributed by atoms with Crippen LogP contribution in [0.15, 0.2) is 0 Å². The van der Waals surface area contributed by atoms with Gasteiger partial charge in [-0.15, -0.1) is 0 Å². The number of hydrogen-bond donors (Lipinski definition) is 3. The summed E-state index contributed by atoms with van der Waals surface area (Å²) in [5.74, 6) is 0.734. The molecule has 0 bridgehead atoms. The van der Waals surface area contributed by atoms with Crippen molar-refractivity contribution in [3.8, 4) is 6.01 Å². The number of imidazole rings is 1. The lowest BCUT2D eigenvalue weighted by Crippen LogP contribution is -2.30. The topological polar surface area (TPSA) is 138 Å². The minimum atomic E-state index is -0.496. The van der Waals surface area contributed by atoms with E-state index in [2.05, 4.69) is 19.9 Å². The number of methoxy groups -OCH3 is 1. The van der Waals surface area contributed by atoms with Crippen LogP contribution in [0.25, 0.3) is 11.2 Å². The summed E-state index contributed by atoms with van der Waals surface area (Å²) in [7, 11) is 1.45. The van der Waals surface area contributed by atoms with Gasteiger partial charge in [0.25, 0.3) is 0 Å². The van der Waals surface area contributed by atoms with Crippen LogP contribution in [0.5, 0.6) is 6.01 Å². The second kappa shape index (κ2) is 5.02. The molecule has 4 N–H and O–H groups in total. The Bertz CT molecular complexity index is 707. The largest absolute Gasteiger partial charge is 0.467 e. The number of H-pyrrole nitrogens is 1. The fourth-order valence-corrected chi connectivity index (χ4v) is 2.82. The van der Waals surface area contributed by atoms with Crippen molar-refractivity contribution in [1.29, 1.82) is 0 Å². The Kier molecular flexibility index (Phi) is 3.11. The molecule has 2 saturated heterocycles. The van der Waals surface area contributed by atoms with Crippen LogP contribution in [-0.2, 0) is 14.2 Å². The molecule has 2 aromatic rings. The van der Waals surface area contributed by atoms with Gasteiger partial charge in [-0.2, -0.15) is 9.97 Å². The number of fused-ring (bicyclic) bond motifs is 2. The molecule has 4 rings (SSSR count). The van der Waals surface area contributed by atoms with E-state index in [0.29, 0.717) is 17.0 Å². The first-order valence-corrected chi connectivity index (χ1v) is 6.78. The van der Waals surface area contributed by atoms with Gasteiger partial charge in [0.1, 0.15) is 42.5 Å². The van der Waals surface area contributed by atoms with Gasteiger partial charge >= 0.3 is 6.01 Å². The molecule has 4 atom stereocenters. The van der Waals surface area contributed by atoms with E-state index in [-0.39, 0.29) is 37.4 Å². The van der Waals surface area contributed by atoms with Crippen LogP contribution in [0.1, 0.15) is 11.9 Å². The van der Waals surface area contributed by atoms with Crippen LogP contribution in [-0.4, -0.2) is 63.9 Å². The summed E-state index contributed by atoms with van der Waals surface area (Å²) in [6, 6.07) is 0.141. The molecule has 4 heterocycles. The molecule has 0 radical (unpaired) electrons. The van der Waals surface area contributed by atoms with Crippen molar-refractivity contribution in [2.75, 3.05) is 26.2 Å². The van der Waals surface area contributed by atoms with E-state index in [0.717, 1.165) is 0 Å². The number of nitrogens with one attached hydrogen (secondary N) is 1. The van der Waals surface area contributed by atoms with E-state index in [1.807, 2.05) is 0 Å². The first-order valence-electron chi connectivity index (χ1n) is 6.78.